The van der Waals surface area contributed by atoms with Gasteiger partial charge >= 0.3 is 0 Å². The normalized spacial score (nSPS) is 21.4. The van der Waals surface area contributed by atoms with Crippen molar-refractivity contribution in [3.63, 3.8) is 0 Å². The van der Waals surface area contributed by atoms with Crippen molar-refractivity contribution >= 4 is 0 Å². The van der Waals surface area contributed by atoms with Crippen LogP contribution in [0.1, 0.15) is 27.2 Å². The molecule has 1 heterocycles. The zero-order valence-corrected chi connectivity index (χ0v) is 9.41. The van der Waals surface area contributed by atoms with Crippen LogP contribution in [-0.4, -0.2) is 31.0 Å². The lowest BCUT2D eigenvalue weighted by Gasteiger charge is -2.33. The van der Waals surface area contributed by atoms with Gasteiger partial charge in [0.05, 0.1) is 12.7 Å². The molecule has 0 aromatic heterocycles. The van der Waals surface area contributed by atoms with Gasteiger partial charge in [-0.1, -0.05) is 20.8 Å². The number of hydrogen-bond donors (Lipinski definition) is 1. The number of methoxy groups -OCH3 is 1. The maximum atomic E-state index is 10.0. The van der Waals surface area contributed by atoms with Gasteiger partial charge in [0.15, 0.2) is 0 Å². The molecule has 0 saturated heterocycles. The summed E-state index contributed by atoms with van der Waals surface area (Å²) >= 11 is 0. The summed E-state index contributed by atoms with van der Waals surface area (Å²) in [6, 6.07) is 0. The van der Waals surface area contributed by atoms with E-state index in [1.807, 2.05) is 26.8 Å². The lowest BCUT2D eigenvalue weighted by atomic mass is 9.85. The zero-order valence-electron chi connectivity index (χ0n) is 9.41. The third-order valence-electron chi connectivity index (χ3n) is 2.42. The fourth-order valence-corrected chi connectivity index (χ4v) is 1.75. The highest BCUT2D eigenvalue weighted by molar-refractivity contribution is 5.08. The number of hydrogen-bond acceptors (Lipinski definition) is 3. The fourth-order valence-electron chi connectivity index (χ4n) is 1.75. The summed E-state index contributed by atoms with van der Waals surface area (Å²) in [5, 5.41) is 10.0. The molecule has 82 valence electrons. The molecule has 0 aromatic rings. The molecule has 14 heavy (non-hydrogen) atoms. The standard InChI is InChI=1S/C11H20O3/c1-11(2,3)10(13-4)9(12)8-6-5-7-14-8/h6,9-10,12H,5,7H2,1-4H3. The maximum Gasteiger partial charge on any atom is 0.137 e. The molecular formula is C11H20O3. The number of aliphatic hydroxyl groups excluding tert-OH is 1. The Kier molecular flexibility index (Phi) is 3.56. The van der Waals surface area contributed by atoms with Gasteiger partial charge in [-0.2, -0.15) is 0 Å². The zero-order chi connectivity index (χ0) is 10.8. The first kappa shape index (κ1) is 11.5. The molecule has 1 aliphatic rings. The monoisotopic (exact) mass is 200 g/mol. The first-order chi connectivity index (χ1) is 6.46. The number of rotatable bonds is 3. The van der Waals surface area contributed by atoms with E-state index in [1.165, 1.54) is 0 Å². The molecule has 0 aliphatic carbocycles. The van der Waals surface area contributed by atoms with E-state index in [2.05, 4.69) is 0 Å². The van der Waals surface area contributed by atoms with Crippen molar-refractivity contribution in [3.8, 4) is 0 Å². The molecule has 0 aromatic carbocycles. The van der Waals surface area contributed by atoms with Crippen molar-refractivity contribution in [2.75, 3.05) is 13.7 Å². The average molecular weight is 200 g/mol. The topological polar surface area (TPSA) is 38.7 Å². The molecule has 2 unspecified atom stereocenters. The predicted octanol–water partition coefficient (Wildman–Crippen LogP) is 1.71. The van der Waals surface area contributed by atoms with Crippen molar-refractivity contribution in [2.45, 2.75) is 39.4 Å². The van der Waals surface area contributed by atoms with Gasteiger partial charge in [0.2, 0.25) is 0 Å². The maximum absolute atomic E-state index is 10.0. The van der Waals surface area contributed by atoms with Crippen LogP contribution in [0.4, 0.5) is 0 Å². The van der Waals surface area contributed by atoms with Crippen molar-refractivity contribution < 1.29 is 14.6 Å². The minimum atomic E-state index is -0.650. The first-order valence-electron chi connectivity index (χ1n) is 5.00. The van der Waals surface area contributed by atoms with E-state index in [-0.39, 0.29) is 11.5 Å². The third-order valence-corrected chi connectivity index (χ3v) is 2.42. The quantitative estimate of drug-likeness (QED) is 0.753. The summed E-state index contributed by atoms with van der Waals surface area (Å²) in [6.45, 7) is 6.80. The van der Waals surface area contributed by atoms with Crippen LogP contribution < -0.4 is 0 Å². The summed E-state index contributed by atoms with van der Waals surface area (Å²) in [5.74, 6) is 0.659. The smallest absolute Gasteiger partial charge is 0.137 e. The highest BCUT2D eigenvalue weighted by atomic mass is 16.5. The van der Waals surface area contributed by atoms with Crippen LogP contribution in [0.5, 0.6) is 0 Å². The summed E-state index contributed by atoms with van der Waals surface area (Å²) in [6.07, 6.45) is 1.93. The Hall–Kier alpha value is -0.540. The van der Waals surface area contributed by atoms with Crippen molar-refractivity contribution in [1.29, 1.82) is 0 Å². The van der Waals surface area contributed by atoms with Crippen LogP contribution >= 0.6 is 0 Å². The second-order valence-electron chi connectivity index (χ2n) is 4.71. The molecule has 0 amide bonds. The first-order valence-corrected chi connectivity index (χ1v) is 5.00. The number of ether oxygens (including phenoxy) is 2. The SMILES string of the molecule is COC(C(O)C1=CCCO1)C(C)(C)C. The highest BCUT2D eigenvalue weighted by Crippen LogP contribution is 2.29. The van der Waals surface area contributed by atoms with Gasteiger partial charge in [-0.05, 0) is 11.5 Å². The van der Waals surface area contributed by atoms with Gasteiger partial charge in [-0.25, -0.2) is 0 Å². The van der Waals surface area contributed by atoms with E-state index in [0.717, 1.165) is 6.42 Å². The summed E-state index contributed by atoms with van der Waals surface area (Å²) in [4.78, 5) is 0. The number of aliphatic hydroxyl groups is 1. The van der Waals surface area contributed by atoms with Crippen LogP contribution in [0.25, 0.3) is 0 Å². The van der Waals surface area contributed by atoms with Gasteiger partial charge in [0, 0.05) is 13.5 Å². The Balaban J connectivity index is 2.69. The Morgan fingerprint density at radius 1 is 1.50 bits per heavy atom. The second-order valence-corrected chi connectivity index (χ2v) is 4.71. The van der Waals surface area contributed by atoms with Crippen molar-refractivity contribution in [1.82, 2.24) is 0 Å². The highest BCUT2D eigenvalue weighted by Gasteiger charge is 2.34. The van der Waals surface area contributed by atoms with Gasteiger partial charge in [0.1, 0.15) is 11.9 Å². The molecule has 1 aliphatic heterocycles. The van der Waals surface area contributed by atoms with E-state index in [4.69, 9.17) is 9.47 Å². The molecular weight excluding hydrogens is 180 g/mol. The Morgan fingerprint density at radius 2 is 2.14 bits per heavy atom. The van der Waals surface area contributed by atoms with Gasteiger partial charge in [-0.3, -0.25) is 0 Å². The predicted molar refractivity (Wildman–Crippen MR) is 54.9 cm³/mol. The lowest BCUT2D eigenvalue weighted by molar-refractivity contribution is -0.0719. The Morgan fingerprint density at radius 3 is 2.50 bits per heavy atom. The molecule has 3 nitrogen and oxygen atoms in total. The van der Waals surface area contributed by atoms with Crippen molar-refractivity contribution in [3.05, 3.63) is 11.8 Å². The van der Waals surface area contributed by atoms with Crippen LogP contribution in [0, 0.1) is 5.41 Å². The lowest BCUT2D eigenvalue weighted by Crippen LogP contribution is -2.40. The van der Waals surface area contributed by atoms with E-state index < -0.39 is 6.10 Å². The summed E-state index contributed by atoms with van der Waals surface area (Å²) < 4.78 is 10.6. The second kappa shape index (κ2) is 4.32. The van der Waals surface area contributed by atoms with Crippen molar-refractivity contribution in [2.24, 2.45) is 5.41 Å². The molecule has 0 fully saturated rings. The fraction of sp³-hybridized carbons (Fsp3) is 0.818. The van der Waals surface area contributed by atoms with E-state index >= 15 is 0 Å². The Bertz CT molecular complexity index is 215. The van der Waals surface area contributed by atoms with E-state index in [9.17, 15) is 5.11 Å². The van der Waals surface area contributed by atoms with Crippen LogP contribution in [0.2, 0.25) is 0 Å². The molecule has 0 saturated carbocycles. The van der Waals surface area contributed by atoms with Crippen LogP contribution in [-0.2, 0) is 9.47 Å². The van der Waals surface area contributed by atoms with Gasteiger partial charge in [-0.15, -0.1) is 0 Å². The van der Waals surface area contributed by atoms with E-state index in [0.29, 0.717) is 12.4 Å². The van der Waals surface area contributed by atoms with Crippen LogP contribution in [0.3, 0.4) is 0 Å². The van der Waals surface area contributed by atoms with Gasteiger partial charge in [0.25, 0.3) is 0 Å². The Labute approximate surface area is 85.7 Å². The molecule has 1 N–H and O–H groups in total. The molecule has 0 radical (unpaired) electrons. The summed E-state index contributed by atoms with van der Waals surface area (Å²) in [5.41, 5.74) is -0.0963. The molecule has 2 atom stereocenters. The van der Waals surface area contributed by atoms with Gasteiger partial charge < -0.3 is 14.6 Å². The molecule has 1 rings (SSSR count). The molecule has 3 heteroatoms. The van der Waals surface area contributed by atoms with E-state index in [1.54, 1.807) is 7.11 Å². The summed E-state index contributed by atoms with van der Waals surface area (Å²) in [7, 11) is 1.62. The average Bonchev–Trinajstić information content (AvgIpc) is 2.53. The largest absolute Gasteiger partial charge is 0.495 e. The molecule has 0 bridgehead atoms. The minimum absolute atomic E-state index is 0.0963. The third kappa shape index (κ3) is 2.49. The van der Waals surface area contributed by atoms with Crippen LogP contribution in [0.15, 0.2) is 11.8 Å². The minimum Gasteiger partial charge on any atom is -0.495 e. The molecule has 0 spiro atoms.